The SMILES string of the molecule is CCCNCc1cccc(N2Cc3ccccc3C2)n1. The highest BCUT2D eigenvalue weighted by atomic mass is 15.2. The molecule has 1 aromatic carbocycles. The fourth-order valence-electron chi connectivity index (χ4n) is 2.63. The zero-order valence-corrected chi connectivity index (χ0v) is 12.0. The molecule has 1 aromatic heterocycles. The molecule has 3 heteroatoms. The van der Waals surface area contributed by atoms with Crippen LogP contribution in [0.4, 0.5) is 5.82 Å². The van der Waals surface area contributed by atoms with Gasteiger partial charge in [-0.15, -0.1) is 0 Å². The van der Waals surface area contributed by atoms with Crippen molar-refractivity contribution in [3.05, 3.63) is 59.3 Å². The average molecular weight is 267 g/mol. The summed E-state index contributed by atoms with van der Waals surface area (Å²) in [4.78, 5) is 7.11. The summed E-state index contributed by atoms with van der Waals surface area (Å²) >= 11 is 0. The molecule has 0 saturated carbocycles. The molecular formula is C17H21N3. The molecule has 0 atom stereocenters. The van der Waals surface area contributed by atoms with Crippen LogP contribution < -0.4 is 10.2 Å². The minimum absolute atomic E-state index is 0.850. The van der Waals surface area contributed by atoms with Crippen LogP contribution in [0.25, 0.3) is 0 Å². The Kier molecular flexibility index (Phi) is 3.97. The van der Waals surface area contributed by atoms with Crippen molar-refractivity contribution in [3.63, 3.8) is 0 Å². The van der Waals surface area contributed by atoms with E-state index >= 15 is 0 Å². The molecule has 0 spiro atoms. The first-order valence-electron chi connectivity index (χ1n) is 7.35. The smallest absolute Gasteiger partial charge is 0.129 e. The highest BCUT2D eigenvalue weighted by molar-refractivity contribution is 5.47. The first-order chi connectivity index (χ1) is 9.86. The number of hydrogen-bond acceptors (Lipinski definition) is 3. The Labute approximate surface area is 120 Å². The van der Waals surface area contributed by atoms with Gasteiger partial charge in [-0.05, 0) is 36.2 Å². The van der Waals surface area contributed by atoms with Gasteiger partial charge in [0.05, 0.1) is 5.69 Å². The van der Waals surface area contributed by atoms with Gasteiger partial charge in [0.15, 0.2) is 0 Å². The molecule has 2 aromatic rings. The quantitative estimate of drug-likeness (QED) is 0.844. The zero-order valence-electron chi connectivity index (χ0n) is 12.0. The fourth-order valence-corrected chi connectivity index (χ4v) is 2.63. The van der Waals surface area contributed by atoms with Crippen LogP contribution in [0.1, 0.15) is 30.2 Å². The van der Waals surface area contributed by atoms with E-state index in [1.54, 1.807) is 0 Å². The Morgan fingerprint density at radius 3 is 2.50 bits per heavy atom. The number of nitrogens with zero attached hydrogens (tertiary/aromatic N) is 2. The number of benzene rings is 1. The summed E-state index contributed by atoms with van der Waals surface area (Å²) in [6.45, 7) is 6.01. The Morgan fingerprint density at radius 1 is 1.05 bits per heavy atom. The molecule has 3 nitrogen and oxygen atoms in total. The van der Waals surface area contributed by atoms with Crippen LogP contribution in [0.5, 0.6) is 0 Å². The number of aromatic nitrogens is 1. The van der Waals surface area contributed by atoms with E-state index in [-0.39, 0.29) is 0 Å². The second kappa shape index (κ2) is 6.06. The minimum atomic E-state index is 0.850. The molecule has 1 aliphatic heterocycles. The number of rotatable bonds is 5. The lowest BCUT2D eigenvalue weighted by molar-refractivity contribution is 0.663. The summed E-state index contributed by atoms with van der Waals surface area (Å²) in [6.07, 6.45) is 1.15. The molecule has 0 saturated heterocycles. The summed E-state index contributed by atoms with van der Waals surface area (Å²) in [5.74, 6) is 1.08. The minimum Gasteiger partial charge on any atom is -0.348 e. The van der Waals surface area contributed by atoms with Crippen molar-refractivity contribution >= 4 is 5.82 Å². The predicted octanol–water partition coefficient (Wildman–Crippen LogP) is 3.10. The largest absolute Gasteiger partial charge is 0.348 e. The summed E-state index contributed by atoms with van der Waals surface area (Å²) in [5.41, 5.74) is 3.96. The molecular weight excluding hydrogens is 246 g/mol. The lowest BCUT2D eigenvalue weighted by Gasteiger charge is -2.17. The van der Waals surface area contributed by atoms with E-state index in [1.165, 1.54) is 11.1 Å². The van der Waals surface area contributed by atoms with Gasteiger partial charge < -0.3 is 10.2 Å². The molecule has 1 N–H and O–H groups in total. The van der Waals surface area contributed by atoms with E-state index in [2.05, 4.69) is 59.6 Å². The van der Waals surface area contributed by atoms with Crippen molar-refractivity contribution in [2.75, 3.05) is 11.4 Å². The molecule has 104 valence electrons. The molecule has 3 rings (SSSR count). The molecule has 20 heavy (non-hydrogen) atoms. The van der Waals surface area contributed by atoms with E-state index in [9.17, 15) is 0 Å². The maximum atomic E-state index is 4.77. The molecule has 0 amide bonds. The van der Waals surface area contributed by atoms with Gasteiger partial charge in [0.1, 0.15) is 5.82 Å². The van der Waals surface area contributed by atoms with Crippen molar-refractivity contribution in [2.45, 2.75) is 33.0 Å². The topological polar surface area (TPSA) is 28.2 Å². The third kappa shape index (κ3) is 2.83. The average Bonchev–Trinajstić information content (AvgIpc) is 2.92. The van der Waals surface area contributed by atoms with Gasteiger partial charge in [-0.3, -0.25) is 0 Å². The molecule has 0 fully saturated rings. The molecule has 0 aliphatic carbocycles. The van der Waals surface area contributed by atoms with Crippen LogP contribution in [0.15, 0.2) is 42.5 Å². The molecule has 1 aliphatic rings. The third-order valence-corrected chi connectivity index (χ3v) is 3.69. The van der Waals surface area contributed by atoms with Gasteiger partial charge in [0, 0.05) is 19.6 Å². The van der Waals surface area contributed by atoms with Crippen LogP contribution in [0.3, 0.4) is 0 Å². The Morgan fingerprint density at radius 2 is 1.80 bits per heavy atom. The number of nitrogens with one attached hydrogen (secondary N) is 1. The summed E-state index contributed by atoms with van der Waals surface area (Å²) in [6, 6.07) is 14.9. The number of hydrogen-bond donors (Lipinski definition) is 1. The summed E-state index contributed by atoms with van der Waals surface area (Å²) < 4.78 is 0. The molecule has 2 heterocycles. The number of fused-ring (bicyclic) bond motifs is 1. The second-order valence-corrected chi connectivity index (χ2v) is 5.29. The predicted molar refractivity (Wildman–Crippen MR) is 82.6 cm³/mol. The number of pyridine rings is 1. The second-order valence-electron chi connectivity index (χ2n) is 5.29. The molecule has 0 bridgehead atoms. The van der Waals surface area contributed by atoms with Crippen LogP contribution >= 0.6 is 0 Å². The van der Waals surface area contributed by atoms with Crippen molar-refractivity contribution in [2.24, 2.45) is 0 Å². The van der Waals surface area contributed by atoms with E-state index in [0.717, 1.165) is 44.1 Å². The lowest BCUT2D eigenvalue weighted by Crippen LogP contribution is -2.18. The Bertz CT molecular complexity index is 555. The monoisotopic (exact) mass is 267 g/mol. The van der Waals surface area contributed by atoms with E-state index in [4.69, 9.17) is 4.98 Å². The maximum absolute atomic E-state index is 4.77. The highest BCUT2D eigenvalue weighted by Crippen LogP contribution is 2.26. The van der Waals surface area contributed by atoms with Gasteiger partial charge in [-0.2, -0.15) is 0 Å². The van der Waals surface area contributed by atoms with Gasteiger partial charge in [0.2, 0.25) is 0 Å². The molecule has 0 radical (unpaired) electrons. The maximum Gasteiger partial charge on any atom is 0.129 e. The van der Waals surface area contributed by atoms with E-state index < -0.39 is 0 Å². The van der Waals surface area contributed by atoms with Gasteiger partial charge in [-0.1, -0.05) is 37.3 Å². The van der Waals surface area contributed by atoms with Crippen LogP contribution in [0.2, 0.25) is 0 Å². The zero-order chi connectivity index (χ0) is 13.8. The van der Waals surface area contributed by atoms with E-state index in [1.807, 2.05) is 0 Å². The van der Waals surface area contributed by atoms with Crippen molar-refractivity contribution in [1.29, 1.82) is 0 Å². The van der Waals surface area contributed by atoms with E-state index in [0.29, 0.717) is 0 Å². The summed E-state index contributed by atoms with van der Waals surface area (Å²) in [5, 5.41) is 3.41. The lowest BCUT2D eigenvalue weighted by atomic mass is 10.1. The molecule has 0 unspecified atom stereocenters. The normalized spacial score (nSPS) is 13.6. The van der Waals surface area contributed by atoms with Gasteiger partial charge in [0.25, 0.3) is 0 Å². The number of anilines is 1. The third-order valence-electron chi connectivity index (χ3n) is 3.69. The Hall–Kier alpha value is -1.87. The highest BCUT2D eigenvalue weighted by Gasteiger charge is 2.19. The standard InChI is InChI=1S/C17H21N3/c1-2-10-18-11-16-8-5-9-17(19-16)20-12-14-6-3-4-7-15(14)13-20/h3-9,18H,2,10-13H2,1H3. The van der Waals surface area contributed by atoms with Crippen LogP contribution in [-0.4, -0.2) is 11.5 Å². The van der Waals surface area contributed by atoms with Gasteiger partial charge in [-0.25, -0.2) is 4.98 Å². The first kappa shape index (κ1) is 13.1. The summed E-state index contributed by atoms with van der Waals surface area (Å²) in [7, 11) is 0. The van der Waals surface area contributed by atoms with Crippen LogP contribution in [-0.2, 0) is 19.6 Å². The van der Waals surface area contributed by atoms with Gasteiger partial charge >= 0.3 is 0 Å². The van der Waals surface area contributed by atoms with Crippen LogP contribution in [0, 0.1) is 0 Å². The van der Waals surface area contributed by atoms with Crippen molar-refractivity contribution in [3.8, 4) is 0 Å². The Balaban J connectivity index is 1.71. The fraction of sp³-hybridized carbons (Fsp3) is 0.353. The first-order valence-corrected chi connectivity index (χ1v) is 7.35. The van der Waals surface area contributed by atoms with Crippen molar-refractivity contribution < 1.29 is 0 Å². The van der Waals surface area contributed by atoms with Crippen molar-refractivity contribution in [1.82, 2.24) is 10.3 Å².